The van der Waals surface area contributed by atoms with E-state index < -0.39 is 18.7 Å². The minimum Gasteiger partial charge on any atom is -0.292 e. The highest BCUT2D eigenvalue weighted by atomic mass is 127. The van der Waals surface area contributed by atoms with Gasteiger partial charge in [-0.3, -0.25) is 27.0 Å². The molecule has 0 bridgehead atoms. The van der Waals surface area contributed by atoms with E-state index in [4.69, 9.17) is 0 Å². The second kappa shape index (κ2) is 13.6. The molecule has 0 fully saturated rings. The lowest BCUT2D eigenvalue weighted by molar-refractivity contribution is 0.101. The maximum absolute atomic E-state index is 11.9. The minimum atomic E-state index is -2.72. The molecule has 6 nitrogen and oxygen atoms in total. The highest BCUT2D eigenvalue weighted by Crippen LogP contribution is 2.30. The van der Waals surface area contributed by atoms with Crippen LogP contribution in [0, 0.1) is 0 Å². The molecule has 0 saturated carbocycles. The Hall–Kier alpha value is 0.750. The molecule has 0 aromatic carbocycles. The van der Waals surface area contributed by atoms with Gasteiger partial charge in [0.25, 0.3) is 0 Å². The third kappa shape index (κ3) is 19.5. The van der Waals surface area contributed by atoms with E-state index in [1.165, 1.54) is 34.0 Å². The predicted octanol–water partition coefficient (Wildman–Crippen LogP) is 7.08. The molecule has 0 aliphatic carbocycles. The first kappa shape index (κ1) is 37.8. The fraction of sp³-hybridized carbons (Fsp3) is 0.375. The molecule has 0 N–H and O–H groups in total. The van der Waals surface area contributed by atoms with Crippen molar-refractivity contribution in [3.63, 3.8) is 0 Å². The molecule has 0 unspecified atom stereocenters. The Morgan fingerprint density at radius 1 is 0.538 bits per heavy atom. The molecule has 222 valence electrons. The molecule has 15 heteroatoms. The minimum absolute atomic E-state index is 0.0219. The number of carbonyl (C=O) groups excluding carboxylic acids is 3. The van der Waals surface area contributed by atoms with Gasteiger partial charge in [-0.2, -0.15) is 0 Å². The number of halogens is 3. The number of hydrogen-bond donors (Lipinski definition) is 0. The van der Waals surface area contributed by atoms with Crippen LogP contribution in [-0.4, -0.2) is 84.8 Å². The number of ketones is 3. The molecule has 0 spiro atoms. The van der Waals surface area contributed by atoms with Crippen LogP contribution >= 0.6 is 97.6 Å². The number of thiophene rings is 3. The van der Waals surface area contributed by atoms with Crippen LogP contribution in [0.4, 0.5) is 0 Å². The summed E-state index contributed by atoms with van der Waals surface area (Å²) in [5, 5.41) is 5.55. The maximum Gasteiger partial charge on any atom is 0.184 e. The number of hydrogen-bond acceptors (Lipinski definition) is 9. The second-order valence-electron chi connectivity index (χ2n) is 10.4. The Kier molecular flexibility index (Phi) is 13.2. The van der Waals surface area contributed by atoms with Crippen molar-refractivity contribution in [1.82, 2.24) is 0 Å². The van der Waals surface area contributed by atoms with Crippen LogP contribution in [0.5, 0.6) is 0 Å². The molecule has 0 atom stereocenters. The summed E-state index contributed by atoms with van der Waals surface area (Å²) in [7, 11) is 0. The Morgan fingerprint density at radius 2 is 0.744 bits per heavy atom. The van der Waals surface area contributed by atoms with Crippen molar-refractivity contribution in [2.45, 2.75) is 0 Å². The zero-order valence-electron chi connectivity index (χ0n) is 22.4. The monoisotopic (exact) mass is 990 g/mol. The maximum atomic E-state index is 11.9. The zero-order chi connectivity index (χ0) is 30.4. The Morgan fingerprint density at radius 3 is 0.872 bits per heavy atom. The largest absolute Gasteiger partial charge is 0.292 e. The van der Waals surface area contributed by atoms with Crippen molar-refractivity contribution in [2.75, 3.05) is 54.8 Å². The lowest BCUT2D eigenvalue weighted by Crippen LogP contribution is -2.29. The van der Waals surface area contributed by atoms with Crippen molar-refractivity contribution >= 4 is 134 Å². The van der Waals surface area contributed by atoms with Crippen LogP contribution in [0.25, 0.3) is 0 Å². The smallest absolute Gasteiger partial charge is 0.184 e. The summed E-state index contributed by atoms with van der Waals surface area (Å²) in [6.07, 6.45) is 1.68. The fourth-order valence-corrected chi connectivity index (χ4v) is 10.1. The first-order valence-corrected chi connectivity index (χ1v) is 30.0. The number of rotatable bonds is 9. The predicted molar refractivity (Wildman–Crippen MR) is 203 cm³/mol. The molecule has 0 saturated heterocycles. The van der Waals surface area contributed by atoms with Crippen molar-refractivity contribution in [3.8, 4) is 0 Å². The van der Waals surface area contributed by atoms with E-state index in [1.807, 2.05) is 98.0 Å². The summed E-state index contributed by atoms with van der Waals surface area (Å²) >= 11 is 9.85. The quantitative estimate of drug-likeness (QED) is 0.129. The lowest BCUT2D eigenvalue weighted by Gasteiger charge is -2.24. The van der Waals surface area contributed by atoms with Crippen molar-refractivity contribution in [3.05, 3.63) is 67.2 Å². The van der Waals surface area contributed by atoms with Crippen molar-refractivity contribution < 1.29 is 27.0 Å². The van der Waals surface area contributed by atoms with Gasteiger partial charge in [0.05, 0.1) is 31.9 Å². The molecule has 0 radical (unpaired) electrons. The van der Waals surface area contributed by atoms with E-state index in [-0.39, 0.29) is 34.6 Å². The molecular formula is C24H33I3O6S6. The average Bonchev–Trinajstić information content (AvgIpc) is 3.47. The standard InChI is InChI=1S/3C8H11IO2S2/c3*1-13(2,9,11)6-7(10)8-4-3-5-12-8/h3*3-5H,6H2,1-2H3. The van der Waals surface area contributed by atoms with Gasteiger partial charge in [-0.05, 0) is 53.1 Å². The summed E-state index contributed by atoms with van der Waals surface area (Å²) in [5.41, 5.74) is 0. The van der Waals surface area contributed by atoms with Gasteiger partial charge in [-0.25, -0.2) is 0 Å². The van der Waals surface area contributed by atoms with Gasteiger partial charge in [0.2, 0.25) is 0 Å². The normalized spacial score (nSPS) is 14.8. The summed E-state index contributed by atoms with van der Waals surface area (Å²) < 4.78 is 35.6. The lowest BCUT2D eigenvalue weighted by atomic mass is 10.4. The van der Waals surface area contributed by atoms with Crippen LogP contribution < -0.4 is 0 Å². The molecular weight excluding hydrogens is 957 g/mol. The van der Waals surface area contributed by atoms with E-state index in [0.29, 0.717) is 14.6 Å². The topological polar surface area (TPSA) is 102 Å². The van der Waals surface area contributed by atoms with E-state index in [1.54, 1.807) is 55.7 Å². The summed E-state index contributed by atoms with van der Waals surface area (Å²) in [6.45, 7) is 0. The van der Waals surface area contributed by atoms with Crippen LogP contribution in [0.1, 0.15) is 29.0 Å². The summed E-state index contributed by atoms with van der Waals surface area (Å²) in [4.78, 5) is 36.8. The second-order valence-corrected chi connectivity index (χ2v) is 50.3. The van der Waals surface area contributed by atoms with Gasteiger partial charge in [-0.1, -0.05) is 18.2 Å². The molecule has 0 aliphatic rings. The van der Waals surface area contributed by atoms with E-state index >= 15 is 0 Å². The summed E-state index contributed by atoms with van der Waals surface area (Å²) in [6, 6.07) is 10.8. The number of carbonyl (C=O) groups is 3. The van der Waals surface area contributed by atoms with Crippen LogP contribution in [0.3, 0.4) is 0 Å². The van der Waals surface area contributed by atoms with Gasteiger partial charge in [-0.15, -0.1) is 34.0 Å². The molecule has 3 aromatic rings. The third-order valence-corrected chi connectivity index (χ3v) is 12.7. The molecule has 3 aromatic heterocycles. The van der Waals surface area contributed by atoms with Crippen molar-refractivity contribution in [1.29, 1.82) is 0 Å². The highest BCUT2D eigenvalue weighted by molar-refractivity contribution is 14.2. The third-order valence-electron chi connectivity index (χ3n) is 3.99. The van der Waals surface area contributed by atoms with Crippen LogP contribution in [0.2, 0.25) is 0 Å². The van der Waals surface area contributed by atoms with Crippen LogP contribution in [0.15, 0.2) is 52.5 Å². The molecule has 3 rings (SSSR count). The molecule has 0 amide bonds. The fourth-order valence-electron chi connectivity index (χ4n) is 2.62. The summed E-state index contributed by atoms with van der Waals surface area (Å²) in [5.74, 6) is 0.346. The molecule has 3 heterocycles. The first-order valence-electron chi connectivity index (χ1n) is 10.9. The number of Topliss-reactive ketones (excluding diaryl/α,β-unsaturated/α-hetero) is 3. The molecule has 0 aliphatic heterocycles. The van der Waals surface area contributed by atoms with Crippen LogP contribution in [-0.2, 0) is 18.7 Å². The Bertz CT molecular complexity index is 1270. The van der Waals surface area contributed by atoms with Crippen molar-refractivity contribution in [2.24, 2.45) is 0 Å². The average molecular weight is 991 g/mol. The first-order chi connectivity index (χ1) is 17.2. The van der Waals surface area contributed by atoms with E-state index in [0.717, 1.165) is 0 Å². The Labute approximate surface area is 278 Å². The SMILES string of the molecule is CS(C)(=O)(I)CC(=O)c1cccs1.CS(C)(=O)(I)CC(=O)c1cccs1.CS(C)(=O)(I)CC(=O)c1cccs1. The zero-order valence-corrected chi connectivity index (χ0v) is 33.7. The van der Waals surface area contributed by atoms with Gasteiger partial charge in [0.15, 0.2) is 17.3 Å². The highest BCUT2D eigenvalue weighted by Gasteiger charge is 2.27. The van der Waals surface area contributed by atoms with Gasteiger partial charge >= 0.3 is 0 Å². The van der Waals surface area contributed by atoms with E-state index in [2.05, 4.69) is 0 Å². The van der Waals surface area contributed by atoms with Gasteiger partial charge < -0.3 is 0 Å². The Balaban J connectivity index is 0.000000292. The van der Waals surface area contributed by atoms with Gasteiger partial charge in [0.1, 0.15) is 0 Å². The van der Waals surface area contributed by atoms with E-state index in [9.17, 15) is 27.0 Å². The molecule has 39 heavy (non-hydrogen) atoms. The van der Waals surface area contributed by atoms with Gasteiger partial charge in [0, 0.05) is 101 Å².